The van der Waals surface area contributed by atoms with Crippen LogP contribution < -0.4 is 0 Å². The van der Waals surface area contributed by atoms with Gasteiger partial charge in [-0.2, -0.15) is 0 Å². The van der Waals surface area contributed by atoms with Crippen LogP contribution in [0.25, 0.3) is 0 Å². The summed E-state index contributed by atoms with van der Waals surface area (Å²) >= 11 is 0. The van der Waals surface area contributed by atoms with Crippen molar-refractivity contribution in [1.82, 2.24) is 9.80 Å². The van der Waals surface area contributed by atoms with Crippen LogP contribution in [0.3, 0.4) is 0 Å². The first-order valence-corrected chi connectivity index (χ1v) is 10.7. The molecule has 0 unspecified atom stereocenters. The lowest BCUT2D eigenvalue weighted by atomic mass is 10.1. The zero-order valence-corrected chi connectivity index (χ0v) is 17.0. The number of hydrogen-bond donors (Lipinski definition) is 1. The summed E-state index contributed by atoms with van der Waals surface area (Å²) in [5.74, 6) is 6.22. The molecule has 0 bridgehead atoms. The molecular formula is C25H26N2O3. The van der Waals surface area contributed by atoms with Crippen molar-refractivity contribution in [2.75, 3.05) is 19.7 Å². The minimum Gasteiger partial charge on any atom is -0.395 e. The molecule has 1 spiro atoms. The molecule has 3 atom stereocenters. The molecule has 0 radical (unpaired) electrons. The summed E-state index contributed by atoms with van der Waals surface area (Å²) in [6, 6.07) is 18.6. The molecule has 3 aliphatic heterocycles. The van der Waals surface area contributed by atoms with Crippen LogP contribution in [0.2, 0.25) is 0 Å². The Morgan fingerprint density at radius 2 is 1.93 bits per heavy atom. The molecule has 3 heterocycles. The van der Waals surface area contributed by atoms with Gasteiger partial charge in [-0.3, -0.25) is 9.69 Å². The van der Waals surface area contributed by atoms with Crippen LogP contribution >= 0.6 is 0 Å². The Balaban J connectivity index is 1.31. The average molecular weight is 402 g/mol. The van der Waals surface area contributed by atoms with E-state index in [4.69, 9.17) is 9.84 Å². The van der Waals surface area contributed by atoms with Gasteiger partial charge in [0, 0.05) is 37.9 Å². The third-order valence-electron chi connectivity index (χ3n) is 6.52. The minimum absolute atomic E-state index is 0.0466. The first-order chi connectivity index (χ1) is 14.7. The highest BCUT2D eigenvalue weighted by Crippen LogP contribution is 2.50. The molecule has 0 saturated carbocycles. The SMILES string of the molecule is O=C1C[C@H]2N(Cc3ccc(C#CCCO)cc3)CC[C@]23O[C@@H](c2ccccc2)CN13. The zero-order chi connectivity index (χ0) is 20.6. The number of aliphatic hydroxyl groups excluding tert-OH is 1. The molecule has 0 aliphatic carbocycles. The van der Waals surface area contributed by atoms with Crippen LogP contribution in [-0.4, -0.2) is 52.3 Å². The highest BCUT2D eigenvalue weighted by molar-refractivity contribution is 5.81. The van der Waals surface area contributed by atoms with Gasteiger partial charge < -0.3 is 14.7 Å². The summed E-state index contributed by atoms with van der Waals surface area (Å²) in [5, 5.41) is 8.84. The van der Waals surface area contributed by atoms with E-state index in [0.717, 1.165) is 30.6 Å². The van der Waals surface area contributed by atoms with Gasteiger partial charge in [-0.05, 0) is 23.3 Å². The van der Waals surface area contributed by atoms with E-state index < -0.39 is 5.72 Å². The second-order valence-electron chi connectivity index (χ2n) is 8.28. The van der Waals surface area contributed by atoms with E-state index in [1.54, 1.807) is 0 Å². The number of rotatable bonds is 4. The standard InChI is InChI=1S/C25H26N2O3/c28-15-5-4-6-19-9-11-20(12-10-19)17-26-14-13-25-23(26)16-24(29)27(25)18-22(30-25)21-7-2-1-3-8-21/h1-3,7-12,22-23,28H,5,13-18H2/t22-,23-,25+/m1/s1. The first-order valence-electron chi connectivity index (χ1n) is 10.7. The molecule has 3 saturated heterocycles. The van der Waals surface area contributed by atoms with Crippen molar-refractivity contribution in [2.24, 2.45) is 0 Å². The van der Waals surface area contributed by atoms with E-state index in [1.165, 1.54) is 5.56 Å². The number of carbonyl (C=O) groups is 1. The van der Waals surface area contributed by atoms with Gasteiger partial charge in [0.1, 0.15) is 6.10 Å². The number of benzene rings is 2. The molecule has 2 aromatic carbocycles. The average Bonchev–Trinajstić information content (AvgIpc) is 3.39. The lowest BCUT2D eigenvalue weighted by molar-refractivity contribution is -0.138. The van der Waals surface area contributed by atoms with E-state index in [1.807, 2.05) is 35.2 Å². The van der Waals surface area contributed by atoms with Gasteiger partial charge in [0.05, 0.1) is 19.2 Å². The first kappa shape index (κ1) is 19.3. The van der Waals surface area contributed by atoms with Crippen molar-refractivity contribution in [3.05, 3.63) is 71.3 Å². The maximum atomic E-state index is 12.8. The fourth-order valence-corrected chi connectivity index (χ4v) is 5.09. The third kappa shape index (κ3) is 3.31. The Labute approximate surface area is 177 Å². The number of ether oxygens (including phenoxy) is 1. The molecular weight excluding hydrogens is 376 g/mol. The van der Waals surface area contributed by atoms with E-state index in [2.05, 4.69) is 41.0 Å². The summed E-state index contributed by atoms with van der Waals surface area (Å²) in [7, 11) is 0. The van der Waals surface area contributed by atoms with Crippen molar-refractivity contribution in [2.45, 2.75) is 43.7 Å². The number of likely N-dealkylation sites (tertiary alicyclic amines) is 1. The summed E-state index contributed by atoms with van der Waals surface area (Å²) in [6.07, 6.45) is 1.84. The highest BCUT2D eigenvalue weighted by Gasteiger charge is 2.63. The lowest BCUT2D eigenvalue weighted by Crippen LogP contribution is -2.47. The van der Waals surface area contributed by atoms with Crippen molar-refractivity contribution in [1.29, 1.82) is 0 Å². The number of hydrogen-bond acceptors (Lipinski definition) is 4. The van der Waals surface area contributed by atoms with Gasteiger partial charge in [-0.25, -0.2) is 0 Å². The predicted molar refractivity (Wildman–Crippen MR) is 113 cm³/mol. The van der Waals surface area contributed by atoms with Crippen LogP contribution in [0, 0.1) is 11.8 Å². The number of aliphatic hydroxyl groups is 1. The van der Waals surface area contributed by atoms with Gasteiger partial charge in [-0.15, -0.1) is 0 Å². The molecule has 2 aromatic rings. The molecule has 3 aliphatic rings. The second-order valence-corrected chi connectivity index (χ2v) is 8.28. The zero-order valence-electron chi connectivity index (χ0n) is 17.0. The van der Waals surface area contributed by atoms with Crippen molar-refractivity contribution >= 4 is 5.91 Å². The number of carbonyl (C=O) groups excluding carboxylic acids is 1. The minimum atomic E-state index is -0.479. The quantitative estimate of drug-likeness (QED) is 0.799. The normalized spacial score (nSPS) is 27.6. The lowest BCUT2D eigenvalue weighted by Gasteiger charge is -2.32. The number of nitrogens with zero attached hydrogens (tertiary/aromatic N) is 2. The molecule has 154 valence electrons. The molecule has 5 rings (SSSR count). The summed E-state index contributed by atoms with van der Waals surface area (Å²) in [5.41, 5.74) is 2.83. The Kier molecular flexibility index (Phi) is 5.08. The Morgan fingerprint density at radius 3 is 2.70 bits per heavy atom. The van der Waals surface area contributed by atoms with Gasteiger partial charge >= 0.3 is 0 Å². The smallest absolute Gasteiger partial charge is 0.226 e. The number of amides is 1. The van der Waals surface area contributed by atoms with Gasteiger partial charge in [0.15, 0.2) is 5.72 Å². The highest BCUT2D eigenvalue weighted by atomic mass is 16.5. The van der Waals surface area contributed by atoms with E-state index in [0.29, 0.717) is 19.4 Å². The van der Waals surface area contributed by atoms with E-state index in [-0.39, 0.29) is 24.7 Å². The molecule has 5 nitrogen and oxygen atoms in total. The van der Waals surface area contributed by atoms with Gasteiger partial charge in [0.25, 0.3) is 0 Å². The third-order valence-corrected chi connectivity index (χ3v) is 6.52. The van der Waals surface area contributed by atoms with E-state index in [9.17, 15) is 4.79 Å². The Bertz CT molecular complexity index is 979. The van der Waals surface area contributed by atoms with Gasteiger partial charge in [-0.1, -0.05) is 54.3 Å². The molecule has 30 heavy (non-hydrogen) atoms. The molecule has 0 aromatic heterocycles. The predicted octanol–water partition coefficient (Wildman–Crippen LogP) is 2.69. The van der Waals surface area contributed by atoms with Crippen LogP contribution in [-0.2, 0) is 16.1 Å². The van der Waals surface area contributed by atoms with Crippen molar-refractivity contribution < 1.29 is 14.6 Å². The topological polar surface area (TPSA) is 53.0 Å². The molecule has 1 amide bonds. The summed E-state index contributed by atoms with van der Waals surface area (Å²) < 4.78 is 6.62. The van der Waals surface area contributed by atoms with Crippen molar-refractivity contribution in [3.8, 4) is 11.8 Å². The largest absolute Gasteiger partial charge is 0.395 e. The Hall–Kier alpha value is -2.65. The van der Waals surface area contributed by atoms with Gasteiger partial charge in [0.2, 0.25) is 5.91 Å². The molecule has 5 heteroatoms. The second kappa shape index (κ2) is 7.88. The van der Waals surface area contributed by atoms with Crippen molar-refractivity contribution in [3.63, 3.8) is 0 Å². The van der Waals surface area contributed by atoms with Crippen LogP contribution in [0.1, 0.15) is 42.1 Å². The fraction of sp³-hybridized carbons (Fsp3) is 0.400. The molecule has 3 fully saturated rings. The maximum Gasteiger partial charge on any atom is 0.226 e. The maximum absolute atomic E-state index is 12.8. The fourth-order valence-electron chi connectivity index (χ4n) is 5.09. The summed E-state index contributed by atoms with van der Waals surface area (Å²) in [6.45, 7) is 2.46. The van der Waals surface area contributed by atoms with Crippen LogP contribution in [0.4, 0.5) is 0 Å². The van der Waals surface area contributed by atoms with E-state index >= 15 is 0 Å². The summed E-state index contributed by atoms with van der Waals surface area (Å²) in [4.78, 5) is 17.2. The van der Waals surface area contributed by atoms with Crippen LogP contribution in [0.5, 0.6) is 0 Å². The Morgan fingerprint density at radius 1 is 1.13 bits per heavy atom. The van der Waals surface area contributed by atoms with Crippen LogP contribution in [0.15, 0.2) is 54.6 Å². The molecule has 1 N–H and O–H groups in total. The monoisotopic (exact) mass is 402 g/mol.